The minimum Gasteiger partial charge on any atom is -0.497 e. The Bertz CT molecular complexity index is 1010. The fourth-order valence-corrected chi connectivity index (χ4v) is 4.46. The van der Waals surface area contributed by atoms with E-state index in [1.807, 2.05) is 19.1 Å². The Morgan fingerprint density at radius 3 is 2.30 bits per heavy atom. The van der Waals surface area contributed by atoms with E-state index in [0.29, 0.717) is 36.1 Å². The summed E-state index contributed by atoms with van der Waals surface area (Å²) in [5, 5.41) is 2.88. The van der Waals surface area contributed by atoms with Crippen LogP contribution in [0, 0.1) is 0 Å². The number of sulfonamides is 1. The molecule has 0 radical (unpaired) electrons. The Labute approximate surface area is 176 Å². The van der Waals surface area contributed by atoms with Crippen LogP contribution in [-0.4, -0.2) is 46.9 Å². The van der Waals surface area contributed by atoms with Crippen LogP contribution in [0.1, 0.15) is 25.5 Å². The van der Waals surface area contributed by atoms with Gasteiger partial charge in [-0.25, -0.2) is 8.42 Å². The number of nitrogens with one attached hydrogen (secondary N) is 1. The average Bonchev–Trinajstić information content (AvgIpc) is 2.72. The van der Waals surface area contributed by atoms with Crippen LogP contribution in [0.15, 0.2) is 42.5 Å². The maximum absolute atomic E-state index is 12.9. The molecular formula is C21H26N2O6S. The van der Waals surface area contributed by atoms with Crippen molar-refractivity contribution in [2.24, 2.45) is 0 Å². The van der Waals surface area contributed by atoms with E-state index in [-0.39, 0.29) is 6.04 Å². The van der Waals surface area contributed by atoms with E-state index in [2.05, 4.69) is 5.32 Å². The van der Waals surface area contributed by atoms with Crippen molar-refractivity contribution in [1.29, 1.82) is 0 Å². The molecule has 1 aliphatic heterocycles. The molecule has 1 N–H and O–H groups in total. The summed E-state index contributed by atoms with van der Waals surface area (Å²) in [5.74, 6) is 1.47. The van der Waals surface area contributed by atoms with Crippen LogP contribution in [0.3, 0.4) is 0 Å². The number of carbonyl (C=O) groups excluding carboxylic acids is 1. The van der Waals surface area contributed by atoms with Crippen LogP contribution in [0.2, 0.25) is 0 Å². The van der Waals surface area contributed by atoms with Crippen LogP contribution in [0.4, 0.5) is 5.69 Å². The summed E-state index contributed by atoms with van der Waals surface area (Å²) in [6, 6.07) is 10.7. The van der Waals surface area contributed by atoms with Gasteiger partial charge in [-0.05, 0) is 55.8 Å². The highest BCUT2D eigenvalue weighted by Crippen LogP contribution is 2.32. The Balaban J connectivity index is 1.77. The first kappa shape index (κ1) is 21.8. The molecule has 0 bridgehead atoms. The van der Waals surface area contributed by atoms with Crippen molar-refractivity contribution in [1.82, 2.24) is 5.32 Å². The number of ether oxygens (including phenoxy) is 3. The Kier molecular flexibility index (Phi) is 6.40. The van der Waals surface area contributed by atoms with Crippen molar-refractivity contribution in [3.63, 3.8) is 0 Å². The van der Waals surface area contributed by atoms with Crippen molar-refractivity contribution < 1.29 is 27.4 Å². The number of fused-ring (bicyclic) bond motifs is 1. The largest absolute Gasteiger partial charge is 0.497 e. The zero-order valence-corrected chi connectivity index (χ0v) is 18.2. The van der Waals surface area contributed by atoms with Gasteiger partial charge >= 0.3 is 0 Å². The molecule has 1 heterocycles. The lowest BCUT2D eigenvalue weighted by atomic mass is 10.1. The molecule has 1 amide bonds. The Morgan fingerprint density at radius 2 is 1.70 bits per heavy atom. The molecule has 0 unspecified atom stereocenters. The Morgan fingerprint density at radius 1 is 1.07 bits per heavy atom. The molecule has 2 aromatic rings. The van der Waals surface area contributed by atoms with Gasteiger partial charge in [0.25, 0.3) is 0 Å². The molecule has 8 nitrogen and oxygen atoms in total. The molecule has 1 aliphatic rings. The molecule has 2 atom stereocenters. The fourth-order valence-electron chi connectivity index (χ4n) is 3.28. The molecule has 2 aromatic carbocycles. The van der Waals surface area contributed by atoms with Gasteiger partial charge in [0.05, 0.1) is 25.1 Å². The minimum absolute atomic E-state index is 0.354. The lowest BCUT2D eigenvalue weighted by molar-refractivity contribution is -0.122. The van der Waals surface area contributed by atoms with E-state index in [0.717, 1.165) is 16.1 Å². The number of amides is 1. The lowest BCUT2D eigenvalue weighted by Crippen LogP contribution is -2.48. The molecule has 30 heavy (non-hydrogen) atoms. The minimum atomic E-state index is -3.70. The van der Waals surface area contributed by atoms with Crippen molar-refractivity contribution >= 4 is 21.6 Å². The summed E-state index contributed by atoms with van der Waals surface area (Å²) in [4.78, 5) is 12.9. The molecule has 0 spiro atoms. The summed E-state index contributed by atoms with van der Waals surface area (Å²) in [6.07, 6.45) is 1.07. The zero-order chi connectivity index (χ0) is 21.9. The van der Waals surface area contributed by atoms with Gasteiger partial charge < -0.3 is 19.5 Å². The first-order chi connectivity index (χ1) is 14.2. The van der Waals surface area contributed by atoms with Gasteiger partial charge in [0.15, 0.2) is 11.5 Å². The molecule has 0 saturated carbocycles. The number of hydrogen-bond donors (Lipinski definition) is 1. The number of methoxy groups -OCH3 is 1. The predicted octanol–water partition coefficient (Wildman–Crippen LogP) is 2.50. The number of anilines is 1. The van der Waals surface area contributed by atoms with Gasteiger partial charge in [-0.3, -0.25) is 9.10 Å². The van der Waals surface area contributed by atoms with Gasteiger partial charge in [0.2, 0.25) is 15.9 Å². The summed E-state index contributed by atoms with van der Waals surface area (Å²) < 4.78 is 42.2. The first-order valence-electron chi connectivity index (χ1n) is 9.54. The second-order valence-corrected chi connectivity index (χ2v) is 8.93. The van der Waals surface area contributed by atoms with Crippen LogP contribution in [-0.2, 0) is 14.8 Å². The quantitative estimate of drug-likeness (QED) is 0.720. The molecule has 3 rings (SSSR count). The van der Waals surface area contributed by atoms with Crippen molar-refractivity contribution in [3.8, 4) is 17.2 Å². The van der Waals surface area contributed by atoms with Crippen LogP contribution >= 0.6 is 0 Å². The van der Waals surface area contributed by atoms with E-state index in [9.17, 15) is 13.2 Å². The summed E-state index contributed by atoms with van der Waals surface area (Å²) in [7, 11) is -2.17. The third-order valence-corrected chi connectivity index (χ3v) is 6.08. The van der Waals surface area contributed by atoms with Crippen LogP contribution in [0.5, 0.6) is 17.2 Å². The maximum Gasteiger partial charge on any atom is 0.244 e. The highest BCUT2D eigenvalue weighted by Gasteiger charge is 2.30. The third-order valence-electron chi connectivity index (χ3n) is 4.84. The van der Waals surface area contributed by atoms with Crippen molar-refractivity contribution in [2.75, 3.05) is 30.9 Å². The number of carbonyl (C=O) groups is 1. The van der Waals surface area contributed by atoms with E-state index in [4.69, 9.17) is 14.2 Å². The van der Waals surface area contributed by atoms with E-state index in [1.54, 1.807) is 37.3 Å². The third kappa shape index (κ3) is 4.79. The molecular weight excluding hydrogens is 408 g/mol. The topological polar surface area (TPSA) is 94.2 Å². The van der Waals surface area contributed by atoms with E-state index < -0.39 is 22.0 Å². The Hall–Kier alpha value is -2.94. The van der Waals surface area contributed by atoms with Gasteiger partial charge in [-0.2, -0.15) is 0 Å². The predicted molar refractivity (Wildman–Crippen MR) is 114 cm³/mol. The highest BCUT2D eigenvalue weighted by molar-refractivity contribution is 7.92. The monoisotopic (exact) mass is 434 g/mol. The van der Waals surface area contributed by atoms with E-state index in [1.165, 1.54) is 7.11 Å². The number of nitrogens with zero attached hydrogens (tertiary/aromatic N) is 1. The summed E-state index contributed by atoms with van der Waals surface area (Å²) in [6.45, 7) is 4.35. The summed E-state index contributed by atoms with van der Waals surface area (Å²) in [5.41, 5.74) is 1.21. The lowest BCUT2D eigenvalue weighted by Gasteiger charge is -2.29. The average molecular weight is 435 g/mol. The van der Waals surface area contributed by atoms with Crippen LogP contribution < -0.4 is 23.8 Å². The van der Waals surface area contributed by atoms with Gasteiger partial charge in [-0.15, -0.1) is 0 Å². The van der Waals surface area contributed by atoms with Crippen molar-refractivity contribution in [2.45, 2.75) is 25.9 Å². The van der Waals surface area contributed by atoms with Crippen molar-refractivity contribution in [3.05, 3.63) is 48.0 Å². The second-order valence-electron chi connectivity index (χ2n) is 7.07. The van der Waals surface area contributed by atoms with E-state index >= 15 is 0 Å². The molecule has 162 valence electrons. The van der Waals surface area contributed by atoms with Crippen LogP contribution in [0.25, 0.3) is 0 Å². The fraction of sp³-hybridized carbons (Fsp3) is 0.381. The van der Waals surface area contributed by atoms with Gasteiger partial charge in [-0.1, -0.05) is 6.07 Å². The number of benzene rings is 2. The zero-order valence-electron chi connectivity index (χ0n) is 17.4. The SMILES string of the molecule is COc1ccc(N([C@H](C)C(=O)N[C@@H](C)c2ccc3c(c2)OCCO3)S(C)(=O)=O)cc1. The molecule has 0 aromatic heterocycles. The number of rotatable bonds is 7. The van der Waals surface area contributed by atoms with Gasteiger partial charge in [0, 0.05) is 0 Å². The standard InChI is InChI=1S/C21H26N2O6S/c1-14(16-5-10-19-20(13-16)29-12-11-28-19)22-21(24)15(2)23(30(4,25)26)17-6-8-18(27-3)9-7-17/h5-10,13-15H,11-12H2,1-4H3,(H,22,24)/t14-,15+/m0/s1. The van der Waals surface area contributed by atoms with Gasteiger partial charge in [0.1, 0.15) is 25.0 Å². The molecule has 9 heteroatoms. The first-order valence-corrected chi connectivity index (χ1v) is 11.4. The smallest absolute Gasteiger partial charge is 0.244 e. The maximum atomic E-state index is 12.9. The molecule has 0 saturated heterocycles. The second kappa shape index (κ2) is 8.83. The molecule has 0 aliphatic carbocycles. The summed E-state index contributed by atoms with van der Waals surface area (Å²) >= 11 is 0. The number of hydrogen-bond acceptors (Lipinski definition) is 6. The normalized spacial score (nSPS) is 15.1. The highest BCUT2D eigenvalue weighted by atomic mass is 32.2. The molecule has 0 fully saturated rings.